The monoisotopic (exact) mass is 235 g/mol. The van der Waals surface area contributed by atoms with Crippen molar-refractivity contribution in [3.05, 3.63) is 29.8 Å². The molecule has 0 heterocycles. The molecule has 1 atom stereocenters. The minimum Gasteiger partial charge on any atom is -0.494 e. The molecule has 0 aliphatic carbocycles. The molecule has 0 aromatic heterocycles. The summed E-state index contributed by atoms with van der Waals surface area (Å²) in [4.78, 5) is 0. The summed E-state index contributed by atoms with van der Waals surface area (Å²) in [5, 5.41) is 3.44. The molecule has 1 N–H and O–H groups in total. The van der Waals surface area contributed by atoms with E-state index >= 15 is 0 Å². The third-order valence-corrected chi connectivity index (χ3v) is 3.39. The van der Waals surface area contributed by atoms with Gasteiger partial charge in [-0.05, 0) is 26.0 Å². The van der Waals surface area contributed by atoms with Crippen LogP contribution in [0.25, 0.3) is 0 Å². The molecule has 1 unspecified atom stereocenters. The van der Waals surface area contributed by atoms with Gasteiger partial charge in [-0.3, -0.25) is 0 Å². The highest BCUT2D eigenvalue weighted by atomic mass is 16.5. The second-order valence-electron chi connectivity index (χ2n) is 4.31. The van der Waals surface area contributed by atoms with Gasteiger partial charge in [-0.2, -0.15) is 0 Å². The SMILES string of the molecule is CCOc1ccccc1C(NC)C(CC)CC. The van der Waals surface area contributed by atoms with E-state index in [-0.39, 0.29) is 0 Å². The van der Waals surface area contributed by atoms with Crippen molar-refractivity contribution in [2.24, 2.45) is 5.92 Å². The molecular formula is C15H25NO. The second-order valence-corrected chi connectivity index (χ2v) is 4.31. The molecule has 17 heavy (non-hydrogen) atoms. The van der Waals surface area contributed by atoms with Crippen LogP contribution in [0.4, 0.5) is 0 Å². The molecule has 0 bridgehead atoms. The first-order valence-corrected chi connectivity index (χ1v) is 6.67. The summed E-state index contributed by atoms with van der Waals surface area (Å²) < 4.78 is 5.72. The van der Waals surface area contributed by atoms with Crippen LogP contribution in [0.15, 0.2) is 24.3 Å². The van der Waals surface area contributed by atoms with Gasteiger partial charge in [-0.1, -0.05) is 44.9 Å². The molecule has 0 aliphatic heterocycles. The van der Waals surface area contributed by atoms with Gasteiger partial charge in [-0.25, -0.2) is 0 Å². The molecule has 0 saturated carbocycles. The Morgan fingerprint density at radius 1 is 1.12 bits per heavy atom. The van der Waals surface area contributed by atoms with E-state index in [1.807, 2.05) is 20.0 Å². The molecule has 0 radical (unpaired) electrons. The Balaban J connectivity index is 3.01. The Labute approximate surface area is 105 Å². The maximum atomic E-state index is 5.72. The molecule has 0 fully saturated rings. The van der Waals surface area contributed by atoms with Crippen molar-refractivity contribution in [2.45, 2.75) is 39.7 Å². The van der Waals surface area contributed by atoms with Gasteiger partial charge >= 0.3 is 0 Å². The number of benzene rings is 1. The quantitative estimate of drug-likeness (QED) is 0.776. The van der Waals surface area contributed by atoms with Crippen LogP contribution in [0.3, 0.4) is 0 Å². The van der Waals surface area contributed by atoms with Crippen LogP contribution in [-0.2, 0) is 0 Å². The molecule has 0 saturated heterocycles. The van der Waals surface area contributed by atoms with Crippen molar-refractivity contribution in [1.82, 2.24) is 5.32 Å². The molecule has 1 aromatic rings. The number of para-hydroxylation sites is 1. The first-order valence-electron chi connectivity index (χ1n) is 6.67. The van der Waals surface area contributed by atoms with Crippen molar-refractivity contribution in [1.29, 1.82) is 0 Å². The average molecular weight is 235 g/mol. The summed E-state index contributed by atoms with van der Waals surface area (Å²) in [5.41, 5.74) is 1.28. The number of ether oxygens (including phenoxy) is 1. The number of rotatable bonds is 7. The predicted molar refractivity (Wildman–Crippen MR) is 73.5 cm³/mol. The van der Waals surface area contributed by atoms with Crippen LogP contribution in [-0.4, -0.2) is 13.7 Å². The lowest BCUT2D eigenvalue weighted by Crippen LogP contribution is -2.25. The Kier molecular flexibility index (Phi) is 6.06. The van der Waals surface area contributed by atoms with Crippen molar-refractivity contribution in [3.8, 4) is 5.75 Å². The van der Waals surface area contributed by atoms with E-state index < -0.39 is 0 Å². The number of hydrogen-bond donors (Lipinski definition) is 1. The predicted octanol–water partition coefficient (Wildman–Crippen LogP) is 3.78. The summed E-state index contributed by atoms with van der Waals surface area (Å²) in [6, 6.07) is 8.74. The van der Waals surface area contributed by atoms with Crippen molar-refractivity contribution in [2.75, 3.05) is 13.7 Å². The zero-order valence-electron chi connectivity index (χ0n) is 11.5. The smallest absolute Gasteiger partial charge is 0.124 e. The Bertz CT molecular complexity index is 320. The summed E-state index contributed by atoms with van der Waals surface area (Å²) in [7, 11) is 2.03. The lowest BCUT2D eigenvalue weighted by molar-refractivity contribution is 0.312. The fourth-order valence-corrected chi connectivity index (χ4v) is 2.43. The van der Waals surface area contributed by atoms with Gasteiger partial charge in [0.15, 0.2) is 0 Å². The van der Waals surface area contributed by atoms with Crippen LogP contribution in [0.2, 0.25) is 0 Å². The van der Waals surface area contributed by atoms with E-state index in [4.69, 9.17) is 4.74 Å². The molecule has 2 heteroatoms. The van der Waals surface area contributed by atoms with Crippen LogP contribution in [0.1, 0.15) is 45.2 Å². The minimum atomic E-state index is 0.382. The summed E-state index contributed by atoms with van der Waals surface area (Å²) in [6.07, 6.45) is 2.37. The van der Waals surface area contributed by atoms with Crippen LogP contribution < -0.4 is 10.1 Å². The maximum Gasteiger partial charge on any atom is 0.124 e. The fourth-order valence-electron chi connectivity index (χ4n) is 2.43. The van der Waals surface area contributed by atoms with Crippen molar-refractivity contribution < 1.29 is 4.74 Å². The topological polar surface area (TPSA) is 21.3 Å². The summed E-state index contributed by atoms with van der Waals surface area (Å²) >= 11 is 0. The maximum absolute atomic E-state index is 5.72. The van der Waals surface area contributed by atoms with Gasteiger partial charge < -0.3 is 10.1 Å². The molecule has 1 aromatic carbocycles. The van der Waals surface area contributed by atoms with E-state index in [0.717, 1.165) is 12.4 Å². The van der Waals surface area contributed by atoms with E-state index in [9.17, 15) is 0 Å². The van der Waals surface area contributed by atoms with Crippen LogP contribution >= 0.6 is 0 Å². The molecule has 0 aliphatic rings. The molecule has 96 valence electrons. The molecule has 2 nitrogen and oxygen atoms in total. The van der Waals surface area contributed by atoms with Gasteiger partial charge in [0.05, 0.1) is 6.61 Å². The third kappa shape index (κ3) is 3.47. The van der Waals surface area contributed by atoms with E-state index in [2.05, 4.69) is 37.4 Å². The zero-order chi connectivity index (χ0) is 12.7. The van der Waals surface area contributed by atoms with Gasteiger partial charge in [0.25, 0.3) is 0 Å². The van der Waals surface area contributed by atoms with Gasteiger partial charge in [0.2, 0.25) is 0 Å². The minimum absolute atomic E-state index is 0.382. The average Bonchev–Trinajstić information content (AvgIpc) is 2.37. The lowest BCUT2D eigenvalue weighted by Gasteiger charge is -2.27. The van der Waals surface area contributed by atoms with Gasteiger partial charge in [0.1, 0.15) is 5.75 Å². The largest absolute Gasteiger partial charge is 0.494 e. The highest BCUT2D eigenvalue weighted by Crippen LogP contribution is 2.32. The first-order chi connectivity index (χ1) is 8.28. The lowest BCUT2D eigenvalue weighted by atomic mass is 9.88. The summed E-state index contributed by atoms with van der Waals surface area (Å²) in [6.45, 7) is 7.25. The molecule has 0 spiro atoms. The van der Waals surface area contributed by atoms with E-state index in [1.54, 1.807) is 0 Å². The number of nitrogens with one attached hydrogen (secondary N) is 1. The second kappa shape index (κ2) is 7.33. The normalized spacial score (nSPS) is 12.8. The van der Waals surface area contributed by atoms with E-state index in [0.29, 0.717) is 12.0 Å². The van der Waals surface area contributed by atoms with Crippen molar-refractivity contribution in [3.63, 3.8) is 0 Å². The standard InChI is InChI=1S/C15H25NO/c1-5-12(6-2)15(16-4)13-10-8-9-11-14(13)17-7-3/h8-12,15-16H,5-7H2,1-4H3. The molecular weight excluding hydrogens is 210 g/mol. The highest BCUT2D eigenvalue weighted by molar-refractivity contribution is 5.36. The third-order valence-electron chi connectivity index (χ3n) is 3.39. The fraction of sp³-hybridized carbons (Fsp3) is 0.600. The Morgan fingerprint density at radius 3 is 2.29 bits per heavy atom. The van der Waals surface area contributed by atoms with Gasteiger partial charge in [-0.15, -0.1) is 0 Å². The Hall–Kier alpha value is -1.02. The van der Waals surface area contributed by atoms with Crippen LogP contribution in [0, 0.1) is 5.92 Å². The number of hydrogen-bond acceptors (Lipinski definition) is 2. The zero-order valence-corrected chi connectivity index (χ0v) is 11.5. The molecule has 1 rings (SSSR count). The first kappa shape index (κ1) is 14.0. The Morgan fingerprint density at radius 2 is 1.76 bits per heavy atom. The van der Waals surface area contributed by atoms with Crippen LogP contribution in [0.5, 0.6) is 5.75 Å². The molecule has 0 amide bonds. The highest BCUT2D eigenvalue weighted by Gasteiger charge is 2.21. The van der Waals surface area contributed by atoms with E-state index in [1.165, 1.54) is 18.4 Å². The van der Waals surface area contributed by atoms with Crippen molar-refractivity contribution >= 4 is 0 Å². The summed E-state index contributed by atoms with van der Waals surface area (Å²) in [5.74, 6) is 1.67. The van der Waals surface area contributed by atoms with Gasteiger partial charge in [0, 0.05) is 11.6 Å².